The molecule has 1 aliphatic rings. The fourth-order valence-electron chi connectivity index (χ4n) is 4.34. The number of hydrogen-bond donors (Lipinski definition) is 1. The summed E-state index contributed by atoms with van der Waals surface area (Å²) in [5.41, 5.74) is -0.135. The quantitative estimate of drug-likeness (QED) is 0.379. The summed E-state index contributed by atoms with van der Waals surface area (Å²) < 4.78 is 39.7. The minimum Gasteiger partial charge on any atom is -0.508 e. The molecule has 0 saturated heterocycles. The van der Waals surface area contributed by atoms with Crippen molar-refractivity contribution in [3.63, 3.8) is 0 Å². The molecule has 0 saturated carbocycles. The summed E-state index contributed by atoms with van der Waals surface area (Å²) in [5, 5.41) is 10.1. The molecule has 1 aliphatic heterocycles. The van der Waals surface area contributed by atoms with Gasteiger partial charge in [-0.2, -0.15) is 0 Å². The molecule has 2 nitrogen and oxygen atoms in total. The van der Waals surface area contributed by atoms with Crippen molar-refractivity contribution in [2.24, 2.45) is 17.8 Å². The lowest BCUT2D eigenvalue weighted by atomic mass is 9.85. The number of ether oxygens (including phenoxy) is 1. The first-order chi connectivity index (χ1) is 15.4. The van der Waals surface area contributed by atoms with Gasteiger partial charge in [-0.15, -0.1) is 0 Å². The molecular formula is C27H46O2. The van der Waals surface area contributed by atoms with Gasteiger partial charge in [-0.25, -0.2) is 0 Å². The maximum absolute atomic E-state index is 10.1. The Morgan fingerprint density at radius 1 is 1.03 bits per heavy atom. The number of phenols is 1. The first-order valence-corrected chi connectivity index (χ1v) is 11.7. The Hall–Kier alpha value is -1.18. The third-order valence-electron chi connectivity index (χ3n) is 6.32. The van der Waals surface area contributed by atoms with Crippen molar-refractivity contribution in [2.75, 3.05) is 0 Å². The van der Waals surface area contributed by atoms with Gasteiger partial charge >= 0.3 is 0 Å². The molecule has 5 atom stereocenters. The van der Waals surface area contributed by atoms with Crippen molar-refractivity contribution >= 4 is 0 Å². The number of benzene rings is 1. The molecule has 0 amide bonds. The summed E-state index contributed by atoms with van der Waals surface area (Å²) in [4.78, 5) is 0. The van der Waals surface area contributed by atoms with E-state index in [1.54, 1.807) is 6.92 Å². The minimum atomic E-state index is -0.967. The lowest BCUT2D eigenvalue weighted by Gasteiger charge is -2.37. The number of rotatable bonds is 12. The molecule has 29 heavy (non-hydrogen) atoms. The van der Waals surface area contributed by atoms with Gasteiger partial charge in [-0.3, -0.25) is 0 Å². The molecule has 1 heterocycles. The summed E-state index contributed by atoms with van der Waals surface area (Å²) in [6.07, 6.45) is 8.66. The van der Waals surface area contributed by atoms with Crippen LogP contribution >= 0.6 is 0 Å². The van der Waals surface area contributed by atoms with Crippen LogP contribution in [0.5, 0.6) is 11.5 Å². The minimum absolute atomic E-state index is 0.121. The average molecular weight is 407 g/mol. The number of phenolic OH excluding ortho intramolecular Hbond substituents is 1. The smallest absolute Gasteiger partial charge is 0.126 e. The SMILES string of the molecule is [2H]c1c(C)c2c(c([2H])c1O)C([2H])C([2H])[C@](C)(CCCC(C)CCCC(C)CCCC(C)C)O2. The molecule has 0 fully saturated rings. The summed E-state index contributed by atoms with van der Waals surface area (Å²) in [6, 6.07) is -0.365. The van der Waals surface area contributed by atoms with Crippen LogP contribution < -0.4 is 4.74 Å². The normalized spacial score (nSPS) is 28.0. The highest BCUT2D eigenvalue weighted by atomic mass is 16.5. The summed E-state index contributed by atoms with van der Waals surface area (Å²) in [6.45, 7) is 12.8. The number of hydrogen-bond acceptors (Lipinski definition) is 2. The lowest BCUT2D eigenvalue weighted by Crippen LogP contribution is -2.36. The van der Waals surface area contributed by atoms with Crippen molar-refractivity contribution in [1.29, 1.82) is 0 Å². The zero-order valence-corrected chi connectivity index (χ0v) is 19.6. The van der Waals surface area contributed by atoms with E-state index in [0.717, 1.165) is 24.7 Å². The Balaban J connectivity index is 1.86. The molecule has 2 rings (SSSR count). The third-order valence-corrected chi connectivity index (χ3v) is 6.32. The third kappa shape index (κ3) is 8.22. The second-order valence-corrected chi connectivity index (χ2v) is 10.1. The van der Waals surface area contributed by atoms with E-state index < -0.39 is 24.1 Å². The van der Waals surface area contributed by atoms with E-state index in [2.05, 4.69) is 27.7 Å². The van der Waals surface area contributed by atoms with Crippen LogP contribution in [0.1, 0.15) is 115 Å². The fourth-order valence-corrected chi connectivity index (χ4v) is 4.34. The second-order valence-electron chi connectivity index (χ2n) is 10.1. The molecule has 0 spiro atoms. The lowest BCUT2D eigenvalue weighted by molar-refractivity contribution is 0.0515. The molecule has 2 heteroatoms. The second kappa shape index (κ2) is 11.3. The van der Waals surface area contributed by atoms with E-state index >= 15 is 0 Å². The average Bonchev–Trinajstić information content (AvgIpc) is 2.74. The Morgan fingerprint density at radius 3 is 2.24 bits per heavy atom. The molecule has 4 unspecified atom stereocenters. The van der Waals surface area contributed by atoms with Crippen LogP contribution in [0.15, 0.2) is 12.1 Å². The van der Waals surface area contributed by atoms with E-state index in [9.17, 15) is 5.11 Å². The molecule has 0 aromatic heterocycles. The molecule has 0 aliphatic carbocycles. The highest BCUT2D eigenvalue weighted by Crippen LogP contribution is 2.40. The van der Waals surface area contributed by atoms with Crippen LogP contribution in [0.2, 0.25) is 0 Å². The van der Waals surface area contributed by atoms with Gasteiger partial charge in [0.25, 0.3) is 0 Å². The molecule has 0 radical (unpaired) electrons. The number of fused-ring (bicyclic) bond motifs is 1. The Morgan fingerprint density at radius 2 is 1.62 bits per heavy atom. The van der Waals surface area contributed by atoms with Crippen LogP contribution in [0.4, 0.5) is 0 Å². The van der Waals surface area contributed by atoms with Gasteiger partial charge in [0, 0.05) is 2.74 Å². The van der Waals surface area contributed by atoms with Gasteiger partial charge in [0.15, 0.2) is 0 Å². The largest absolute Gasteiger partial charge is 0.508 e. The number of aromatic hydroxyl groups is 1. The van der Waals surface area contributed by atoms with E-state index in [0.29, 0.717) is 23.7 Å². The zero-order valence-electron chi connectivity index (χ0n) is 23.6. The molecule has 1 aromatic carbocycles. The van der Waals surface area contributed by atoms with E-state index in [4.69, 9.17) is 10.2 Å². The van der Waals surface area contributed by atoms with Crippen LogP contribution in [0, 0.1) is 24.7 Å². The van der Waals surface area contributed by atoms with E-state index in [-0.39, 0.29) is 17.6 Å². The maximum atomic E-state index is 10.1. The van der Waals surface area contributed by atoms with Crippen LogP contribution in [0.25, 0.3) is 0 Å². The highest BCUT2D eigenvalue weighted by molar-refractivity contribution is 5.47. The molecular weight excluding hydrogens is 356 g/mol. The van der Waals surface area contributed by atoms with Crippen molar-refractivity contribution in [2.45, 2.75) is 118 Å². The van der Waals surface area contributed by atoms with Crippen molar-refractivity contribution in [3.8, 4) is 11.5 Å². The van der Waals surface area contributed by atoms with Crippen LogP contribution in [-0.4, -0.2) is 10.7 Å². The standard InChI is InChI=1S/C27H46O2/c1-20(2)10-7-11-21(3)12-8-13-22(4)14-9-16-27(6)17-15-24-19-25(28)18-23(5)26(24)29-27/h18-22,28H,7-17H2,1-6H3/t21?,22?,27-/m0/s1/i15D,17D,18D,19D/t15?,17?,21?,22?,27-. The highest BCUT2D eigenvalue weighted by Gasteiger charge is 2.32. The topological polar surface area (TPSA) is 29.5 Å². The van der Waals surface area contributed by atoms with Gasteiger partial charge < -0.3 is 9.84 Å². The molecule has 0 bridgehead atoms. The first kappa shape index (κ1) is 18.6. The predicted octanol–water partition coefficient (Wildman–Crippen LogP) is 8.22. The van der Waals surface area contributed by atoms with Crippen molar-refractivity contribution in [3.05, 3.63) is 23.2 Å². The fraction of sp³-hybridized carbons (Fsp3) is 0.778. The van der Waals surface area contributed by atoms with Crippen molar-refractivity contribution < 1.29 is 15.3 Å². The summed E-state index contributed by atoms with van der Waals surface area (Å²) in [7, 11) is 0. The predicted molar refractivity (Wildman–Crippen MR) is 125 cm³/mol. The first-order valence-electron chi connectivity index (χ1n) is 13.9. The van der Waals surface area contributed by atoms with Crippen LogP contribution in [-0.2, 0) is 6.40 Å². The molecule has 166 valence electrons. The van der Waals surface area contributed by atoms with E-state index in [1.165, 1.54) is 38.5 Å². The van der Waals surface area contributed by atoms with Gasteiger partial charge in [-0.05, 0) is 80.4 Å². The van der Waals surface area contributed by atoms with Crippen molar-refractivity contribution in [1.82, 2.24) is 0 Å². The summed E-state index contributed by atoms with van der Waals surface area (Å²) >= 11 is 0. The monoisotopic (exact) mass is 406 g/mol. The van der Waals surface area contributed by atoms with Gasteiger partial charge in [0.2, 0.25) is 0 Å². The Bertz CT molecular complexity index is 782. The maximum Gasteiger partial charge on any atom is 0.126 e. The Kier molecular flexibility index (Phi) is 7.22. The molecule has 1 aromatic rings. The summed E-state index contributed by atoms with van der Waals surface area (Å²) in [5.74, 6) is 2.16. The van der Waals surface area contributed by atoms with Gasteiger partial charge in [-0.1, -0.05) is 72.6 Å². The van der Waals surface area contributed by atoms with Crippen LogP contribution in [0.3, 0.4) is 0 Å². The van der Waals surface area contributed by atoms with Gasteiger partial charge in [0.05, 0.1) is 2.74 Å². The Labute approximate surface area is 186 Å². The van der Waals surface area contributed by atoms with Gasteiger partial charge in [0.1, 0.15) is 17.1 Å². The zero-order chi connectivity index (χ0) is 24.9. The molecule has 1 N–H and O–H groups in total. The van der Waals surface area contributed by atoms with E-state index in [1.807, 2.05) is 6.92 Å².